The summed E-state index contributed by atoms with van der Waals surface area (Å²) in [7, 11) is -1.74. The summed E-state index contributed by atoms with van der Waals surface area (Å²) in [6.45, 7) is 0. The molecule has 20 heavy (non-hydrogen) atoms. The molecule has 2 atom stereocenters. The Kier molecular flexibility index (Phi) is 4.09. The number of aliphatic hydroxyl groups excluding tert-OH is 1. The standard InChI is InChI=1S/C13H14BrNO4S/c1-19-11-3-2-9(6-10(11)14)12(16)13(7-15)4-5-20(17,18)8-13/h2-3,6,12,16H,4-5,8H2,1H3. The van der Waals surface area contributed by atoms with Crippen molar-refractivity contribution in [3.63, 3.8) is 0 Å². The maximum Gasteiger partial charge on any atom is 0.152 e. The molecule has 1 aromatic rings. The van der Waals surface area contributed by atoms with Gasteiger partial charge in [0.15, 0.2) is 9.84 Å². The molecule has 0 amide bonds. The van der Waals surface area contributed by atoms with Crippen LogP contribution in [0.4, 0.5) is 0 Å². The molecule has 7 heteroatoms. The van der Waals surface area contributed by atoms with E-state index in [-0.39, 0.29) is 17.9 Å². The van der Waals surface area contributed by atoms with Crippen LogP contribution in [0.25, 0.3) is 0 Å². The molecule has 1 aromatic carbocycles. The highest BCUT2D eigenvalue weighted by Crippen LogP contribution is 2.43. The number of nitriles is 1. The van der Waals surface area contributed by atoms with Crippen molar-refractivity contribution in [2.45, 2.75) is 12.5 Å². The van der Waals surface area contributed by atoms with Gasteiger partial charge in [0.25, 0.3) is 0 Å². The van der Waals surface area contributed by atoms with E-state index in [1.807, 2.05) is 6.07 Å². The van der Waals surface area contributed by atoms with Crippen LogP contribution in [0.1, 0.15) is 18.1 Å². The van der Waals surface area contributed by atoms with E-state index < -0.39 is 21.4 Å². The molecule has 0 aromatic heterocycles. The second-order valence-electron chi connectivity index (χ2n) is 4.91. The Balaban J connectivity index is 2.38. The number of nitrogens with zero attached hydrogens (tertiary/aromatic N) is 1. The van der Waals surface area contributed by atoms with Crippen molar-refractivity contribution >= 4 is 25.8 Å². The maximum absolute atomic E-state index is 11.6. The number of halogens is 1. The lowest BCUT2D eigenvalue weighted by molar-refractivity contribution is 0.0792. The van der Waals surface area contributed by atoms with Crippen LogP contribution in [0, 0.1) is 16.7 Å². The zero-order chi connectivity index (χ0) is 15.0. The first-order valence-electron chi connectivity index (χ1n) is 5.97. The van der Waals surface area contributed by atoms with Crippen molar-refractivity contribution in [3.05, 3.63) is 28.2 Å². The number of sulfone groups is 1. The minimum absolute atomic E-state index is 0.0606. The lowest BCUT2D eigenvalue weighted by atomic mass is 9.80. The number of methoxy groups -OCH3 is 1. The monoisotopic (exact) mass is 359 g/mol. The number of aliphatic hydroxyl groups is 1. The fraction of sp³-hybridized carbons (Fsp3) is 0.462. The van der Waals surface area contributed by atoms with Crippen LogP contribution in [-0.4, -0.2) is 32.1 Å². The first kappa shape index (κ1) is 15.3. The van der Waals surface area contributed by atoms with E-state index in [9.17, 15) is 18.8 Å². The molecule has 1 saturated heterocycles. The van der Waals surface area contributed by atoms with Gasteiger partial charge < -0.3 is 9.84 Å². The Morgan fingerprint density at radius 3 is 2.70 bits per heavy atom. The van der Waals surface area contributed by atoms with E-state index in [0.29, 0.717) is 15.8 Å². The van der Waals surface area contributed by atoms with Crippen LogP contribution in [0.2, 0.25) is 0 Å². The van der Waals surface area contributed by atoms with E-state index in [0.717, 1.165) is 0 Å². The van der Waals surface area contributed by atoms with E-state index in [1.54, 1.807) is 18.2 Å². The van der Waals surface area contributed by atoms with E-state index >= 15 is 0 Å². The van der Waals surface area contributed by atoms with Crippen molar-refractivity contribution in [2.75, 3.05) is 18.6 Å². The molecule has 1 heterocycles. The van der Waals surface area contributed by atoms with Crippen LogP contribution >= 0.6 is 15.9 Å². The van der Waals surface area contributed by atoms with Crippen LogP contribution in [-0.2, 0) is 9.84 Å². The minimum Gasteiger partial charge on any atom is -0.496 e. The van der Waals surface area contributed by atoms with Crippen molar-refractivity contribution in [1.29, 1.82) is 5.26 Å². The summed E-state index contributed by atoms with van der Waals surface area (Å²) in [4.78, 5) is 0. The van der Waals surface area contributed by atoms with Gasteiger partial charge in [-0.05, 0) is 40.0 Å². The fourth-order valence-electron chi connectivity index (χ4n) is 2.41. The Labute approximate surface area is 126 Å². The highest BCUT2D eigenvalue weighted by molar-refractivity contribution is 9.10. The Hall–Kier alpha value is -1.10. The zero-order valence-corrected chi connectivity index (χ0v) is 13.2. The first-order chi connectivity index (χ1) is 9.33. The summed E-state index contributed by atoms with van der Waals surface area (Å²) in [6, 6.07) is 6.95. The average molecular weight is 360 g/mol. The molecule has 1 aliphatic heterocycles. The van der Waals surface area contributed by atoms with Gasteiger partial charge >= 0.3 is 0 Å². The number of hydrogen-bond acceptors (Lipinski definition) is 5. The highest BCUT2D eigenvalue weighted by atomic mass is 79.9. The number of benzene rings is 1. The van der Waals surface area contributed by atoms with Crippen molar-refractivity contribution in [2.24, 2.45) is 5.41 Å². The minimum atomic E-state index is -3.26. The molecule has 1 aliphatic rings. The maximum atomic E-state index is 11.6. The van der Waals surface area contributed by atoms with Crippen LogP contribution in [0.5, 0.6) is 5.75 Å². The van der Waals surface area contributed by atoms with Crippen molar-refractivity contribution < 1.29 is 18.3 Å². The van der Waals surface area contributed by atoms with Crippen molar-refractivity contribution in [1.82, 2.24) is 0 Å². The predicted molar refractivity (Wildman–Crippen MR) is 77.0 cm³/mol. The number of hydrogen-bond donors (Lipinski definition) is 1. The Morgan fingerprint density at radius 2 is 2.25 bits per heavy atom. The zero-order valence-electron chi connectivity index (χ0n) is 10.8. The summed E-state index contributed by atoms with van der Waals surface area (Å²) >= 11 is 3.31. The molecular weight excluding hydrogens is 346 g/mol. The third kappa shape index (κ3) is 2.68. The van der Waals surface area contributed by atoms with Gasteiger partial charge in [-0.3, -0.25) is 0 Å². The second-order valence-corrected chi connectivity index (χ2v) is 7.94. The van der Waals surface area contributed by atoms with Crippen LogP contribution < -0.4 is 4.74 Å². The summed E-state index contributed by atoms with van der Waals surface area (Å²) in [5.74, 6) is 0.238. The van der Waals surface area contributed by atoms with Gasteiger partial charge in [0.1, 0.15) is 11.2 Å². The number of ether oxygens (including phenoxy) is 1. The highest BCUT2D eigenvalue weighted by Gasteiger charge is 2.48. The molecule has 2 rings (SSSR count). The largest absolute Gasteiger partial charge is 0.496 e. The molecular formula is C13H14BrNO4S. The van der Waals surface area contributed by atoms with Gasteiger partial charge in [0.2, 0.25) is 0 Å². The topological polar surface area (TPSA) is 87.4 Å². The van der Waals surface area contributed by atoms with Gasteiger partial charge in [-0.1, -0.05) is 6.07 Å². The summed E-state index contributed by atoms with van der Waals surface area (Å²) < 4.78 is 29.0. The third-order valence-electron chi connectivity index (χ3n) is 3.57. The first-order valence-corrected chi connectivity index (χ1v) is 8.58. The van der Waals surface area contributed by atoms with Gasteiger partial charge in [-0.15, -0.1) is 0 Å². The summed E-state index contributed by atoms with van der Waals surface area (Å²) in [5.41, 5.74) is -0.774. The quantitative estimate of drug-likeness (QED) is 0.889. The van der Waals surface area contributed by atoms with E-state index in [4.69, 9.17) is 4.74 Å². The van der Waals surface area contributed by atoms with Crippen LogP contribution in [0.15, 0.2) is 22.7 Å². The van der Waals surface area contributed by atoms with E-state index in [1.165, 1.54) is 7.11 Å². The SMILES string of the molecule is COc1ccc(C(O)C2(C#N)CCS(=O)(=O)C2)cc1Br. The normalized spacial score (nSPS) is 25.9. The lowest BCUT2D eigenvalue weighted by Gasteiger charge is -2.26. The fourth-order valence-corrected chi connectivity index (χ4v) is 4.94. The molecule has 0 spiro atoms. The summed E-state index contributed by atoms with van der Waals surface area (Å²) in [5, 5.41) is 19.8. The third-order valence-corrected chi connectivity index (χ3v) is 5.98. The van der Waals surface area contributed by atoms with Gasteiger partial charge in [0, 0.05) is 0 Å². The van der Waals surface area contributed by atoms with Gasteiger partial charge in [-0.2, -0.15) is 5.26 Å². The second kappa shape index (κ2) is 5.35. The Morgan fingerprint density at radius 1 is 1.55 bits per heavy atom. The van der Waals surface area contributed by atoms with Gasteiger partial charge in [-0.25, -0.2) is 8.42 Å². The predicted octanol–water partition coefficient (Wildman–Crippen LogP) is 1.82. The Bertz CT molecular complexity index is 667. The molecule has 0 bridgehead atoms. The van der Waals surface area contributed by atoms with Crippen molar-refractivity contribution in [3.8, 4) is 11.8 Å². The number of rotatable bonds is 3. The molecule has 5 nitrogen and oxygen atoms in total. The molecule has 1 N–H and O–H groups in total. The van der Waals surface area contributed by atoms with Gasteiger partial charge in [0.05, 0.1) is 35.3 Å². The molecule has 0 radical (unpaired) electrons. The molecule has 108 valence electrons. The molecule has 2 unspecified atom stereocenters. The van der Waals surface area contributed by atoms with Crippen LogP contribution in [0.3, 0.4) is 0 Å². The smallest absolute Gasteiger partial charge is 0.152 e. The molecule has 1 fully saturated rings. The molecule has 0 aliphatic carbocycles. The average Bonchev–Trinajstić information content (AvgIpc) is 2.74. The van der Waals surface area contributed by atoms with E-state index in [2.05, 4.69) is 15.9 Å². The summed E-state index contributed by atoms with van der Waals surface area (Å²) in [6.07, 6.45) is -0.997. The molecule has 0 saturated carbocycles. The lowest BCUT2D eigenvalue weighted by Crippen LogP contribution is -2.28.